The monoisotopic (exact) mass is 385 g/mol. The molecule has 4 rings (SSSR count). The Labute approximate surface area is 162 Å². The predicted octanol–water partition coefficient (Wildman–Crippen LogP) is 0.0794. The van der Waals surface area contributed by atoms with E-state index >= 15 is 0 Å². The van der Waals surface area contributed by atoms with Gasteiger partial charge in [0.25, 0.3) is 11.5 Å². The number of nitrogens with zero attached hydrogens (tertiary/aromatic N) is 4. The molecule has 148 valence electrons. The highest BCUT2D eigenvalue weighted by Crippen LogP contribution is 2.31. The lowest BCUT2D eigenvalue weighted by molar-refractivity contribution is -0.0820. The molecule has 9 heteroatoms. The van der Waals surface area contributed by atoms with Gasteiger partial charge in [-0.15, -0.1) is 0 Å². The molecule has 9 nitrogen and oxygen atoms in total. The molecule has 0 radical (unpaired) electrons. The van der Waals surface area contributed by atoms with Crippen LogP contribution in [0.25, 0.3) is 0 Å². The number of carbonyl (C=O) groups excluding carboxylic acids is 1. The average Bonchev–Trinajstić information content (AvgIpc) is 2.75. The lowest BCUT2D eigenvalue weighted by Crippen LogP contribution is -2.53. The quantitative estimate of drug-likeness (QED) is 0.795. The van der Waals surface area contributed by atoms with Crippen molar-refractivity contribution in [3.8, 4) is 0 Å². The minimum absolute atomic E-state index is 0.192. The zero-order valence-corrected chi connectivity index (χ0v) is 15.5. The van der Waals surface area contributed by atoms with Crippen molar-refractivity contribution in [3.63, 3.8) is 0 Å². The van der Waals surface area contributed by atoms with Gasteiger partial charge in [-0.2, -0.15) is 0 Å². The largest absolute Gasteiger partial charge is 0.379 e. The van der Waals surface area contributed by atoms with E-state index in [4.69, 9.17) is 9.47 Å². The number of nitrogens with one attached hydrogen (secondary N) is 1. The van der Waals surface area contributed by atoms with Gasteiger partial charge in [-0.05, 0) is 11.6 Å². The summed E-state index contributed by atoms with van der Waals surface area (Å²) in [4.78, 5) is 39.3. The second-order valence-corrected chi connectivity index (χ2v) is 6.85. The molecule has 2 atom stereocenters. The van der Waals surface area contributed by atoms with E-state index < -0.39 is 0 Å². The molecular formula is C19H23N5O4. The number of rotatable bonds is 4. The third-order valence-corrected chi connectivity index (χ3v) is 5.07. The van der Waals surface area contributed by atoms with Gasteiger partial charge in [-0.1, -0.05) is 6.07 Å². The lowest BCUT2D eigenvalue weighted by atomic mass is 9.98. The zero-order chi connectivity index (χ0) is 19.3. The molecular weight excluding hydrogens is 362 g/mol. The standard InChI is InChI=1S/C19H23N5O4/c25-17-12-21-15(11-22-17)19(26)24-6-9-28-16(13-23-4-7-27-8-5-23)18(24)14-2-1-3-20-10-14/h1-3,10-12,16,18H,4-9,13H2,(H,22,25)/t16-,18-/m0/s1. The van der Waals surface area contributed by atoms with E-state index in [1.165, 1.54) is 6.20 Å². The molecule has 0 bridgehead atoms. The van der Waals surface area contributed by atoms with E-state index in [1.54, 1.807) is 17.3 Å². The Kier molecular flexibility index (Phi) is 5.75. The van der Waals surface area contributed by atoms with Crippen LogP contribution in [-0.4, -0.2) is 82.8 Å². The summed E-state index contributed by atoms with van der Waals surface area (Å²) in [5.41, 5.74) is 0.784. The highest BCUT2D eigenvalue weighted by atomic mass is 16.5. The fourth-order valence-electron chi connectivity index (χ4n) is 3.70. The molecule has 0 aromatic carbocycles. The van der Waals surface area contributed by atoms with Crippen molar-refractivity contribution in [2.45, 2.75) is 12.1 Å². The maximum Gasteiger partial charge on any atom is 0.274 e. The Morgan fingerprint density at radius 1 is 1.21 bits per heavy atom. The van der Waals surface area contributed by atoms with Gasteiger partial charge in [0, 0.05) is 44.8 Å². The zero-order valence-electron chi connectivity index (χ0n) is 15.5. The fraction of sp³-hybridized carbons (Fsp3) is 0.474. The Hall–Kier alpha value is -2.62. The average molecular weight is 385 g/mol. The second kappa shape index (κ2) is 8.59. The first-order valence-corrected chi connectivity index (χ1v) is 9.40. The van der Waals surface area contributed by atoms with E-state index in [-0.39, 0.29) is 29.3 Å². The highest BCUT2D eigenvalue weighted by Gasteiger charge is 2.38. The summed E-state index contributed by atoms with van der Waals surface area (Å²) in [6, 6.07) is 3.53. The highest BCUT2D eigenvalue weighted by molar-refractivity contribution is 5.92. The molecule has 28 heavy (non-hydrogen) atoms. The Morgan fingerprint density at radius 3 is 2.79 bits per heavy atom. The fourth-order valence-corrected chi connectivity index (χ4v) is 3.70. The molecule has 2 aliphatic rings. The summed E-state index contributed by atoms with van der Waals surface area (Å²) in [5, 5.41) is 0. The molecule has 0 aliphatic carbocycles. The molecule has 0 saturated carbocycles. The maximum atomic E-state index is 13.2. The van der Waals surface area contributed by atoms with Crippen LogP contribution in [0.1, 0.15) is 22.1 Å². The summed E-state index contributed by atoms with van der Waals surface area (Å²) in [5.74, 6) is -0.236. The molecule has 2 fully saturated rings. The van der Waals surface area contributed by atoms with Crippen LogP contribution < -0.4 is 5.56 Å². The Morgan fingerprint density at radius 2 is 2.07 bits per heavy atom. The minimum Gasteiger partial charge on any atom is -0.379 e. The number of aromatic nitrogens is 3. The van der Waals surface area contributed by atoms with E-state index in [0.717, 1.165) is 24.8 Å². The van der Waals surface area contributed by atoms with Crippen LogP contribution in [0.2, 0.25) is 0 Å². The molecule has 1 amide bonds. The molecule has 2 aromatic heterocycles. The number of hydrogen-bond acceptors (Lipinski definition) is 7. The van der Waals surface area contributed by atoms with Gasteiger partial charge < -0.3 is 19.4 Å². The number of hydrogen-bond donors (Lipinski definition) is 1. The van der Waals surface area contributed by atoms with Crippen molar-refractivity contribution < 1.29 is 14.3 Å². The van der Waals surface area contributed by atoms with Crippen molar-refractivity contribution >= 4 is 5.91 Å². The molecule has 2 aromatic rings. The van der Waals surface area contributed by atoms with Crippen LogP contribution in [0.4, 0.5) is 0 Å². The topological polar surface area (TPSA) is 101 Å². The number of morpholine rings is 2. The minimum atomic E-state index is -0.340. The summed E-state index contributed by atoms with van der Waals surface area (Å²) in [6.07, 6.45) is 5.77. The van der Waals surface area contributed by atoms with Crippen molar-refractivity contribution in [2.75, 3.05) is 46.0 Å². The third kappa shape index (κ3) is 4.11. The summed E-state index contributed by atoms with van der Waals surface area (Å²) in [6.45, 7) is 4.68. The van der Waals surface area contributed by atoms with Crippen molar-refractivity contribution in [1.29, 1.82) is 0 Å². The first-order valence-electron chi connectivity index (χ1n) is 9.40. The summed E-state index contributed by atoms with van der Waals surface area (Å²) in [7, 11) is 0. The molecule has 2 aliphatic heterocycles. The van der Waals surface area contributed by atoms with E-state index in [2.05, 4.69) is 19.9 Å². The number of ether oxygens (including phenoxy) is 2. The van der Waals surface area contributed by atoms with Crippen LogP contribution in [0, 0.1) is 0 Å². The van der Waals surface area contributed by atoms with Crippen LogP contribution in [0.5, 0.6) is 0 Å². The number of H-pyrrole nitrogens is 1. The van der Waals surface area contributed by atoms with Gasteiger partial charge in [0.15, 0.2) is 0 Å². The third-order valence-electron chi connectivity index (χ3n) is 5.07. The summed E-state index contributed by atoms with van der Waals surface area (Å²) < 4.78 is 11.5. The Bertz CT molecular complexity index is 832. The first kappa shape index (κ1) is 18.7. The van der Waals surface area contributed by atoms with Gasteiger partial charge in [0.05, 0.1) is 38.2 Å². The number of carbonyl (C=O) groups is 1. The van der Waals surface area contributed by atoms with Gasteiger partial charge in [-0.25, -0.2) is 4.98 Å². The van der Waals surface area contributed by atoms with Gasteiger partial charge in [0.2, 0.25) is 0 Å². The first-order chi connectivity index (χ1) is 13.7. The number of amides is 1. The molecule has 0 unspecified atom stereocenters. The van der Waals surface area contributed by atoms with Crippen LogP contribution >= 0.6 is 0 Å². The molecule has 4 heterocycles. The normalized spacial score (nSPS) is 23.5. The lowest BCUT2D eigenvalue weighted by Gasteiger charge is -2.43. The SMILES string of the molecule is O=C(c1c[nH]c(=O)cn1)N1CCO[C@@H](CN2CCOCC2)[C@@H]1c1cccnc1. The maximum absolute atomic E-state index is 13.2. The van der Waals surface area contributed by atoms with Gasteiger partial charge >= 0.3 is 0 Å². The van der Waals surface area contributed by atoms with Crippen molar-refractivity contribution in [2.24, 2.45) is 0 Å². The van der Waals surface area contributed by atoms with Crippen molar-refractivity contribution in [1.82, 2.24) is 24.8 Å². The smallest absolute Gasteiger partial charge is 0.274 e. The van der Waals surface area contributed by atoms with Gasteiger partial charge in [0.1, 0.15) is 5.69 Å². The van der Waals surface area contributed by atoms with E-state index in [9.17, 15) is 9.59 Å². The van der Waals surface area contributed by atoms with Crippen LogP contribution in [0.15, 0.2) is 41.7 Å². The molecule has 0 spiro atoms. The number of pyridine rings is 1. The van der Waals surface area contributed by atoms with Crippen LogP contribution in [0.3, 0.4) is 0 Å². The second-order valence-electron chi connectivity index (χ2n) is 6.85. The Balaban J connectivity index is 1.62. The van der Waals surface area contributed by atoms with E-state index in [0.29, 0.717) is 32.9 Å². The van der Waals surface area contributed by atoms with E-state index in [1.807, 2.05) is 12.1 Å². The van der Waals surface area contributed by atoms with Crippen LogP contribution in [-0.2, 0) is 9.47 Å². The predicted molar refractivity (Wildman–Crippen MR) is 99.9 cm³/mol. The summed E-state index contributed by atoms with van der Waals surface area (Å²) >= 11 is 0. The van der Waals surface area contributed by atoms with Gasteiger partial charge in [-0.3, -0.25) is 19.5 Å². The van der Waals surface area contributed by atoms with Crippen molar-refractivity contribution in [3.05, 3.63) is 58.5 Å². The molecule has 1 N–H and O–H groups in total. The molecule has 2 saturated heterocycles. The number of aromatic amines is 1.